The van der Waals surface area contributed by atoms with E-state index < -0.39 is 12.2 Å². The monoisotopic (exact) mass is 529 g/mol. The number of ether oxygens (including phenoxy) is 2. The summed E-state index contributed by atoms with van der Waals surface area (Å²) < 4.78 is 12.9. The molecule has 1 unspecified atom stereocenters. The number of nitrogens with one attached hydrogen (secondary N) is 3. The number of fused-ring (bicyclic) bond motifs is 1. The van der Waals surface area contributed by atoms with Crippen LogP contribution in [0.15, 0.2) is 78.9 Å². The minimum absolute atomic E-state index is 0.0218. The molecule has 1 aliphatic rings. The van der Waals surface area contributed by atoms with E-state index in [1.54, 1.807) is 0 Å². The molecule has 3 aromatic carbocycles. The van der Waals surface area contributed by atoms with Crippen molar-refractivity contribution < 1.29 is 14.3 Å². The first kappa shape index (κ1) is 25.7. The number of piperazine rings is 1. The average Bonchev–Trinajstić information content (AvgIpc) is 3.39. The largest absolute Gasteiger partial charge is 0.481 e. The van der Waals surface area contributed by atoms with Crippen LogP contribution in [-0.4, -0.2) is 49.6 Å². The lowest BCUT2D eigenvalue weighted by molar-refractivity contribution is 0.0910. The lowest BCUT2D eigenvalue weighted by atomic mass is 10.1. The Kier molecular flexibility index (Phi) is 8.18. The fourth-order valence-corrected chi connectivity index (χ4v) is 5.35. The van der Waals surface area contributed by atoms with Crippen molar-refractivity contribution in [2.24, 2.45) is 5.73 Å². The number of rotatable bonds is 9. The number of amides is 1. The summed E-state index contributed by atoms with van der Waals surface area (Å²) in [6.07, 6.45) is -1.06. The number of carbonyl (C=O) groups is 1. The third-order valence-corrected chi connectivity index (χ3v) is 7.54. The topological polar surface area (TPSA) is 113 Å². The van der Waals surface area contributed by atoms with Crippen LogP contribution in [0.5, 0.6) is 5.75 Å². The molecule has 1 saturated heterocycles. The van der Waals surface area contributed by atoms with Crippen molar-refractivity contribution in [1.29, 1.82) is 5.41 Å². The van der Waals surface area contributed by atoms with Crippen LogP contribution in [0.3, 0.4) is 0 Å². The van der Waals surface area contributed by atoms with Crippen LogP contribution in [0.4, 0.5) is 10.5 Å². The molecule has 5 N–H and O–H groups in total. The lowest BCUT2D eigenvalue weighted by Crippen LogP contribution is -2.42. The highest BCUT2D eigenvalue weighted by Gasteiger charge is 2.19. The quantitative estimate of drug-likeness (QED) is 0.180. The maximum Gasteiger partial charge on any atom is 0.411 e. The van der Waals surface area contributed by atoms with E-state index in [1.807, 2.05) is 78.9 Å². The van der Waals surface area contributed by atoms with Gasteiger partial charge in [-0.05, 0) is 41.5 Å². The minimum Gasteiger partial charge on any atom is -0.481 e. The number of benzene rings is 3. The summed E-state index contributed by atoms with van der Waals surface area (Å²) in [6.45, 7) is 5.03. The molecule has 1 amide bonds. The minimum atomic E-state index is -0.544. The van der Waals surface area contributed by atoms with Gasteiger partial charge in [-0.3, -0.25) is 15.6 Å². The summed E-state index contributed by atoms with van der Waals surface area (Å²) in [5.41, 5.74) is 8.47. The summed E-state index contributed by atoms with van der Waals surface area (Å²) in [6, 6.07) is 25.1. The van der Waals surface area contributed by atoms with Crippen molar-refractivity contribution in [3.8, 4) is 5.75 Å². The maximum atomic E-state index is 12.7. The molecule has 0 saturated carbocycles. The standard InChI is InChI=1S/C29H31N5O3S/c30-28(31)27-17-23-24(7-4-8-26(23)38-27)37-25(21-5-2-1-3-6-21)19-36-29(35)33-22-11-9-20(10-12-22)18-34-15-13-32-14-16-34/h1-12,17,25,32H,13-16,18-19H2,(H3,30,31)(H,33,35). The molecule has 0 aliphatic carbocycles. The smallest absolute Gasteiger partial charge is 0.411 e. The average molecular weight is 530 g/mol. The summed E-state index contributed by atoms with van der Waals surface area (Å²) in [7, 11) is 0. The Morgan fingerprint density at radius 2 is 1.82 bits per heavy atom. The zero-order valence-corrected chi connectivity index (χ0v) is 21.8. The summed E-state index contributed by atoms with van der Waals surface area (Å²) >= 11 is 1.44. The van der Waals surface area contributed by atoms with Crippen molar-refractivity contribution in [3.05, 3.63) is 94.9 Å². The number of carbonyl (C=O) groups excluding carboxylic acids is 1. The zero-order chi connectivity index (χ0) is 26.3. The highest BCUT2D eigenvalue weighted by molar-refractivity contribution is 7.20. The molecular weight excluding hydrogens is 498 g/mol. The second kappa shape index (κ2) is 12.1. The molecule has 1 atom stereocenters. The van der Waals surface area contributed by atoms with E-state index in [2.05, 4.69) is 15.5 Å². The van der Waals surface area contributed by atoms with Gasteiger partial charge in [-0.25, -0.2) is 4.79 Å². The van der Waals surface area contributed by atoms with Crippen LogP contribution in [0.25, 0.3) is 10.1 Å². The molecule has 38 heavy (non-hydrogen) atoms. The van der Waals surface area contributed by atoms with E-state index in [1.165, 1.54) is 16.9 Å². The SMILES string of the molecule is N=C(N)c1cc2c(OC(COC(=O)Nc3ccc(CN4CCNCC4)cc3)c3ccccc3)cccc2s1. The first-order chi connectivity index (χ1) is 18.5. The normalized spacial score (nSPS) is 14.6. The molecule has 1 fully saturated rings. The molecule has 5 rings (SSSR count). The van der Waals surface area contributed by atoms with Gasteiger partial charge < -0.3 is 20.5 Å². The molecule has 196 valence electrons. The van der Waals surface area contributed by atoms with Crippen molar-refractivity contribution in [2.75, 3.05) is 38.1 Å². The number of anilines is 1. The second-order valence-electron chi connectivity index (χ2n) is 9.16. The fourth-order valence-electron chi connectivity index (χ4n) is 4.42. The molecular formula is C29H31N5O3S. The van der Waals surface area contributed by atoms with Crippen molar-refractivity contribution in [1.82, 2.24) is 10.2 Å². The van der Waals surface area contributed by atoms with E-state index in [-0.39, 0.29) is 12.4 Å². The van der Waals surface area contributed by atoms with Gasteiger partial charge in [0.15, 0.2) is 6.10 Å². The van der Waals surface area contributed by atoms with E-state index in [0.717, 1.165) is 48.4 Å². The molecule has 2 heterocycles. The van der Waals surface area contributed by atoms with Gasteiger partial charge in [0, 0.05) is 48.5 Å². The van der Waals surface area contributed by atoms with E-state index in [9.17, 15) is 4.79 Å². The van der Waals surface area contributed by atoms with Gasteiger partial charge in [-0.15, -0.1) is 11.3 Å². The second-order valence-corrected chi connectivity index (χ2v) is 10.2. The first-order valence-corrected chi connectivity index (χ1v) is 13.4. The molecule has 9 heteroatoms. The Labute approximate surface area is 225 Å². The number of nitrogen functional groups attached to an aromatic ring is 1. The number of nitrogens with zero attached hydrogens (tertiary/aromatic N) is 1. The summed E-state index contributed by atoms with van der Waals surface area (Å²) in [5.74, 6) is 0.665. The Balaban J connectivity index is 1.23. The Morgan fingerprint density at radius 3 is 2.55 bits per heavy atom. The predicted octanol–water partition coefficient (Wildman–Crippen LogP) is 4.96. The third-order valence-electron chi connectivity index (χ3n) is 6.41. The molecule has 0 radical (unpaired) electrons. The van der Waals surface area contributed by atoms with Gasteiger partial charge in [0.05, 0.1) is 4.88 Å². The Bertz CT molecular complexity index is 1380. The zero-order valence-electron chi connectivity index (χ0n) is 21.0. The van der Waals surface area contributed by atoms with Gasteiger partial charge in [0.2, 0.25) is 0 Å². The van der Waals surface area contributed by atoms with Gasteiger partial charge in [0.1, 0.15) is 18.2 Å². The highest BCUT2D eigenvalue weighted by Crippen LogP contribution is 2.35. The van der Waals surface area contributed by atoms with Gasteiger partial charge >= 0.3 is 6.09 Å². The van der Waals surface area contributed by atoms with Crippen LogP contribution < -0.4 is 21.1 Å². The molecule has 4 aromatic rings. The number of hydrogen-bond donors (Lipinski definition) is 4. The van der Waals surface area contributed by atoms with E-state index in [4.69, 9.17) is 20.6 Å². The predicted molar refractivity (Wildman–Crippen MR) is 152 cm³/mol. The maximum absolute atomic E-state index is 12.7. The number of nitrogens with two attached hydrogens (primary N) is 1. The van der Waals surface area contributed by atoms with Crippen LogP contribution >= 0.6 is 11.3 Å². The van der Waals surface area contributed by atoms with Crippen LogP contribution in [0, 0.1) is 5.41 Å². The van der Waals surface area contributed by atoms with Crippen molar-refractivity contribution in [2.45, 2.75) is 12.6 Å². The number of thiophene rings is 1. The van der Waals surface area contributed by atoms with Gasteiger partial charge in [-0.1, -0.05) is 48.5 Å². The molecule has 0 bridgehead atoms. The third kappa shape index (κ3) is 6.49. The van der Waals surface area contributed by atoms with Crippen LogP contribution in [0.2, 0.25) is 0 Å². The number of amidine groups is 1. The van der Waals surface area contributed by atoms with Crippen molar-refractivity contribution in [3.63, 3.8) is 0 Å². The molecule has 1 aromatic heterocycles. The van der Waals surface area contributed by atoms with E-state index >= 15 is 0 Å². The van der Waals surface area contributed by atoms with Gasteiger partial charge in [-0.2, -0.15) is 0 Å². The molecule has 8 nitrogen and oxygen atoms in total. The summed E-state index contributed by atoms with van der Waals surface area (Å²) in [4.78, 5) is 15.7. The van der Waals surface area contributed by atoms with Crippen LogP contribution in [-0.2, 0) is 11.3 Å². The summed E-state index contributed by atoms with van der Waals surface area (Å²) in [5, 5.41) is 14.8. The Morgan fingerprint density at radius 1 is 1.05 bits per heavy atom. The fraction of sp³-hybridized carbons (Fsp3) is 0.241. The highest BCUT2D eigenvalue weighted by atomic mass is 32.1. The van der Waals surface area contributed by atoms with Crippen LogP contribution in [0.1, 0.15) is 22.1 Å². The van der Waals surface area contributed by atoms with Gasteiger partial charge in [0.25, 0.3) is 0 Å². The lowest BCUT2D eigenvalue weighted by Gasteiger charge is -2.27. The van der Waals surface area contributed by atoms with Crippen molar-refractivity contribution >= 4 is 39.0 Å². The number of hydrogen-bond acceptors (Lipinski definition) is 7. The first-order valence-electron chi connectivity index (χ1n) is 12.6. The van der Waals surface area contributed by atoms with E-state index in [0.29, 0.717) is 16.3 Å². The molecule has 1 aliphatic heterocycles. The Hall–Kier alpha value is -3.92. The molecule has 0 spiro atoms.